The summed E-state index contributed by atoms with van der Waals surface area (Å²) < 4.78 is 60.8. The number of hydrazone groups is 1. The van der Waals surface area contributed by atoms with Crippen LogP contribution in [0, 0.1) is 5.82 Å². The van der Waals surface area contributed by atoms with Gasteiger partial charge in [0.1, 0.15) is 17.2 Å². The first kappa shape index (κ1) is 36.8. The number of hydrogen-bond donors (Lipinski definition) is 3. The Balaban J connectivity index is 1.38. The number of benzene rings is 4. The van der Waals surface area contributed by atoms with Crippen LogP contribution in [0.1, 0.15) is 27.6 Å². The second-order valence-electron chi connectivity index (χ2n) is 12.5. The van der Waals surface area contributed by atoms with E-state index in [1.807, 2.05) is 42.2 Å². The van der Waals surface area contributed by atoms with E-state index in [0.29, 0.717) is 57.7 Å². The Hall–Kier alpha value is -6.00. The zero-order chi connectivity index (χ0) is 38.0. The molecule has 0 bridgehead atoms. The lowest BCUT2D eigenvalue weighted by atomic mass is 9.97. The van der Waals surface area contributed by atoms with Crippen LogP contribution < -0.4 is 26.3 Å². The Morgan fingerprint density at radius 1 is 1.00 bits per heavy atom. The summed E-state index contributed by atoms with van der Waals surface area (Å²) >= 11 is 0. The molecule has 1 fully saturated rings. The van der Waals surface area contributed by atoms with Gasteiger partial charge in [0.25, 0.3) is 11.8 Å². The molecule has 0 radical (unpaired) electrons. The number of sulfonamides is 1. The number of rotatable bonds is 8. The summed E-state index contributed by atoms with van der Waals surface area (Å²) in [5.74, 6) is 11.3. The molecule has 1 aliphatic heterocycles. The number of nitrogens with zero attached hydrogens (tertiary/aromatic N) is 5. The molecule has 276 valence electrons. The van der Waals surface area contributed by atoms with E-state index in [0.717, 1.165) is 6.26 Å². The molecule has 1 aromatic heterocycles. The molecule has 0 aliphatic carbocycles. The first-order valence-corrected chi connectivity index (χ1v) is 18.4. The predicted octanol–water partition coefficient (Wildman–Crippen LogP) is 4.71. The van der Waals surface area contributed by atoms with E-state index in [1.54, 1.807) is 29.2 Å². The normalized spacial score (nSPS) is 15.1. The Morgan fingerprint density at radius 3 is 2.34 bits per heavy atom. The number of anilines is 2. The van der Waals surface area contributed by atoms with E-state index in [-0.39, 0.29) is 40.1 Å². The summed E-state index contributed by atoms with van der Waals surface area (Å²) in [6.07, 6.45) is 0.869. The molecular formula is C37H38F2N8O5S. The van der Waals surface area contributed by atoms with Crippen LogP contribution in [-0.2, 0) is 10.0 Å². The lowest BCUT2D eigenvalue weighted by molar-refractivity contribution is 0.0627. The minimum absolute atomic E-state index is 0.0736. The second-order valence-corrected chi connectivity index (χ2v) is 14.4. The van der Waals surface area contributed by atoms with Crippen molar-refractivity contribution in [2.45, 2.75) is 13.0 Å². The van der Waals surface area contributed by atoms with E-state index in [4.69, 9.17) is 16.1 Å². The number of para-hydroxylation sites is 1. The fraction of sp³-hybridized carbons (Fsp3) is 0.216. The molecule has 6 rings (SSSR count). The largest absolute Gasteiger partial charge is 0.455 e. The van der Waals surface area contributed by atoms with Crippen LogP contribution in [0.15, 0.2) is 101 Å². The number of alkyl halides is 1. The highest BCUT2D eigenvalue weighted by molar-refractivity contribution is 7.92. The average Bonchev–Trinajstić information content (AvgIpc) is 3.53. The van der Waals surface area contributed by atoms with E-state index in [2.05, 4.69) is 10.4 Å². The van der Waals surface area contributed by atoms with Crippen LogP contribution in [0.3, 0.4) is 0 Å². The molecule has 5 N–H and O–H groups in total. The van der Waals surface area contributed by atoms with Gasteiger partial charge in [0.15, 0.2) is 6.80 Å². The SMILES string of the molecule is CNC(=O)c1c(-c2ccc(F)cc2)oc2cc(N(CF)S(C)(=O)=O)c(-c3cccc(C(=O)N4CCN(/C(=N/N)N(N)c5ccccc5)C(C)C4)c3)cc12. The highest BCUT2D eigenvalue weighted by Gasteiger charge is 2.32. The molecule has 0 spiro atoms. The third-order valence-corrected chi connectivity index (χ3v) is 10.2. The van der Waals surface area contributed by atoms with Gasteiger partial charge in [-0.05, 0) is 67.1 Å². The van der Waals surface area contributed by atoms with Gasteiger partial charge in [-0.15, -0.1) is 5.10 Å². The summed E-state index contributed by atoms with van der Waals surface area (Å²) in [5, 5.41) is 8.21. The van der Waals surface area contributed by atoms with Gasteiger partial charge in [-0.3, -0.25) is 9.59 Å². The average molecular weight is 745 g/mol. The second kappa shape index (κ2) is 14.9. The van der Waals surface area contributed by atoms with Crippen LogP contribution in [0.5, 0.6) is 0 Å². The van der Waals surface area contributed by atoms with Gasteiger partial charge < -0.3 is 25.4 Å². The van der Waals surface area contributed by atoms with Crippen molar-refractivity contribution in [1.82, 2.24) is 15.1 Å². The number of amides is 2. The molecule has 1 unspecified atom stereocenters. The van der Waals surface area contributed by atoms with Crippen molar-refractivity contribution in [2.24, 2.45) is 16.8 Å². The van der Waals surface area contributed by atoms with Crippen molar-refractivity contribution in [2.75, 3.05) is 49.1 Å². The van der Waals surface area contributed by atoms with Gasteiger partial charge in [0.2, 0.25) is 16.0 Å². The molecule has 1 aliphatic rings. The zero-order valence-electron chi connectivity index (χ0n) is 29.2. The van der Waals surface area contributed by atoms with Crippen LogP contribution in [0.4, 0.5) is 20.2 Å². The Kier molecular flexibility index (Phi) is 10.4. The van der Waals surface area contributed by atoms with Crippen LogP contribution in [-0.4, -0.2) is 81.8 Å². The van der Waals surface area contributed by atoms with Gasteiger partial charge in [0, 0.05) is 60.9 Å². The maximum absolute atomic E-state index is 14.6. The summed E-state index contributed by atoms with van der Waals surface area (Å²) in [5.41, 5.74) is 2.09. The number of nitrogens with two attached hydrogens (primary N) is 2. The minimum atomic E-state index is -4.15. The fourth-order valence-electron chi connectivity index (χ4n) is 6.48. The first-order valence-electron chi connectivity index (χ1n) is 16.5. The summed E-state index contributed by atoms with van der Waals surface area (Å²) in [7, 11) is -2.71. The monoisotopic (exact) mass is 744 g/mol. The van der Waals surface area contributed by atoms with E-state index in [1.165, 1.54) is 48.5 Å². The minimum Gasteiger partial charge on any atom is -0.455 e. The number of nitrogens with one attached hydrogen (secondary N) is 1. The van der Waals surface area contributed by atoms with Crippen molar-refractivity contribution in [3.63, 3.8) is 0 Å². The molecule has 2 heterocycles. The van der Waals surface area contributed by atoms with Gasteiger partial charge in [-0.1, -0.05) is 30.3 Å². The molecule has 4 aromatic carbocycles. The van der Waals surface area contributed by atoms with Crippen molar-refractivity contribution in [1.29, 1.82) is 0 Å². The molecule has 5 aromatic rings. The fourth-order valence-corrected chi connectivity index (χ4v) is 7.16. The van der Waals surface area contributed by atoms with E-state index in [9.17, 15) is 26.8 Å². The Bertz CT molecular complexity index is 2300. The first-order chi connectivity index (χ1) is 25.4. The summed E-state index contributed by atoms with van der Waals surface area (Å²) in [6.45, 7) is 1.52. The van der Waals surface area contributed by atoms with Crippen LogP contribution in [0.2, 0.25) is 0 Å². The third kappa shape index (κ3) is 7.23. The number of hydrogen-bond acceptors (Lipinski definition) is 8. The quantitative estimate of drug-likeness (QED) is 0.0669. The number of carbonyl (C=O) groups is 2. The summed E-state index contributed by atoms with van der Waals surface area (Å²) in [4.78, 5) is 30.9. The van der Waals surface area contributed by atoms with Crippen molar-refractivity contribution in [3.05, 3.63) is 108 Å². The molecule has 1 saturated heterocycles. The van der Waals surface area contributed by atoms with Gasteiger partial charge in [-0.2, -0.15) is 0 Å². The summed E-state index contributed by atoms with van der Waals surface area (Å²) in [6, 6.07) is 23.7. The van der Waals surface area contributed by atoms with Crippen LogP contribution in [0.25, 0.3) is 33.4 Å². The van der Waals surface area contributed by atoms with Crippen molar-refractivity contribution < 1.29 is 31.2 Å². The number of furan rings is 1. The predicted molar refractivity (Wildman–Crippen MR) is 201 cm³/mol. The lowest BCUT2D eigenvalue weighted by Gasteiger charge is -2.42. The Labute approximate surface area is 305 Å². The highest BCUT2D eigenvalue weighted by Crippen LogP contribution is 2.42. The molecule has 2 amide bonds. The molecule has 16 heteroatoms. The molecule has 13 nitrogen and oxygen atoms in total. The number of hydrazine groups is 1. The topological polar surface area (TPSA) is 171 Å². The molecule has 53 heavy (non-hydrogen) atoms. The van der Waals surface area contributed by atoms with Gasteiger partial charge in [-0.25, -0.2) is 32.4 Å². The highest BCUT2D eigenvalue weighted by atomic mass is 32.2. The smallest absolute Gasteiger partial charge is 0.255 e. The van der Waals surface area contributed by atoms with Gasteiger partial charge in [0.05, 0.1) is 23.2 Å². The maximum atomic E-state index is 14.6. The lowest BCUT2D eigenvalue weighted by Crippen LogP contribution is -2.60. The van der Waals surface area contributed by atoms with Crippen LogP contribution >= 0.6 is 0 Å². The maximum Gasteiger partial charge on any atom is 0.255 e. The van der Waals surface area contributed by atoms with Crippen molar-refractivity contribution in [3.8, 4) is 22.5 Å². The van der Waals surface area contributed by atoms with E-state index >= 15 is 0 Å². The number of halogens is 2. The molecule has 0 saturated carbocycles. The van der Waals surface area contributed by atoms with Gasteiger partial charge >= 0.3 is 0 Å². The number of guanidine groups is 1. The number of fused-ring (bicyclic) bond motifs is 1. The molecular weight excluding hydrogens is 707 g/mol. The van der Waals surface area contributed by atoms with Crippen molar-refractivity contribution >= 4 is 50.1 Å². The standard InChI is InChI=1S/C37H38F2N8O5S/c1-23-21-44(16-17-45(23)37(43-40)47(41)28-10-5-4-6-11-28)36(49)26-9-7-8-25(18-26)29-19-30-32(20-31(29)46(22-38)53(3,50)51)52-34(33(30)35(48)42-2)24-12-14-27(39)15-13-24/h4-15,18-20,23H,16-17,21-22,40-41H2,1-3H3,(H,42,48)/b43-37-. The Morgan fingerprint density at radius 2 is 1.72 bits per heavy atom. The number of carbonyl (C=O) groups excluding carboxylic acids is 2. The third-order valence-electron chi connectivity index (χ3n) is 9.10. The van der Waals surface area contributed by atoms with E-state index < -0.39 is 28.5 Å². The molecule has 1 atom stereocenters. The number of piperazine rings is 1. The zero-order valence-corrected chi connectivity index (χ0v) is 30.0.